The van der Waals surface area contributed by atoms with Crippen molar-refractivity contribution in [2.24, 2.45) is 5.92 Å². The van der Waals surface area contributed by atoms with Crippen LogP contribution >= 0.6 is 23.4 Å². The number of carbonyl (C=O) groups is 2. The van der Waals surface area contributed by atoms with E-state index in [0.29, 0.717) is 17.2 Å². The Hall–Kier alpha value is -1.20. The Morgan fingerprint density at radius 3 is 2.74 bits per heavy atom. The van der Waals surface area contributed by atoms with E-state index in [9.17, 15) is 9.59 Å². The molecule has 0 radical (unpaired) electrons. The summed E-state index contributed by atoms with van der Waals surface area (Å²) in [4.78, 5) is 23.0. The van der Waals surface area contributed by atoms with Crippen LogP contribution in [0.3, 0.4) is 0 Å². The third-order valence-corrected chi connectivity index (χ3v) is 3.97. The van der Waals surface area contributed by atoms with Crippen molar-refractivity contribution in [3.8, 4) is 0 Å². The lowest BCUT2D eigenvalue weighted by Gasteiger charge is -2.08. The number of aliphatic carboxylic acids is 1. The maximum absolute atomic E-state index is 11.5. The maximum atomic E-state index is 11.5. The summed E-state index contributed by atoms with van der Waals surface area (Å²) in [5.41, 5.74) is 0. The summed E-state index contributed by atoms with van der Waals surface area (Å²) in [7, 11) is 0. The topological polar surface area (TPSA) is 66.4 Å². The van der Waals surface area contributed by atoms with Crippen molar-refractivity contribution in [2.45, 2.75) is 18.2 Å². The lowest BCUT2D eigenvalue weighted by Crippen LogP contribution is -2.31. The summed E-state index contributed by atoms with van der Waals surface area (Å²) >= 11 is 7.50. The van der Waals surface area contributed by atoms with Crippen LogP contribution in [-0.4, -0.2) is 29.3 Å². The number of carboxylic acids is 1. The third-order valence-electron chi connectivity index (χ3n) is 2.45. The first-order valence-electron chi connectivity index (χ1n) is 5.87. The van der Waals surface area contributed by atoms with E-state index in [1.165, 1.54) is 11.8 Å². The highest BCUT2D eigenvalue weighted by atomic mass is 35.5. The highest BCUT2D eigenvalue weighted by Crippen LogP contribution is 2.26. The lowest BCUT2D eigenvalue weighted by atomic mass is 10.2. The van der Waals surface area contributed by atoms with Crippen LogP contribution in [0.1, 0.15) is 13.3 Å². The molecule has 1 unspecified atom stereocenters. The average Bonchev–Trinajstić information content (AvgIpc) is 2.38. The minimum absolute atomic E-state index is 0.146. The van der Waals surface area contributed by atoms with Gasteiger partial charge in [0, 0.05) is 23.6 Å². The zero-order chi connectivity index (χ0) is 14.3. The predicted octanol–water partition coefficient (Wildman–Crippen LogP) is 2.66. The molecule has 104 valence electrons. The number of carbonyl (C=O) groups excluding carboxylic acids is 1. The molecule has 0 aliphatic rings. The second kappa shape index (κ2) is 8.07. The number of halogens is 1. The van der Waals surface area contributed by atoms with Gasteiger partial charge in [-0.1, -0.05) is 30.7 Å². The molecule has 19 heavy (non-hydrogen) atoms. The fourth-order valence-electron chi connectivity index (χ4n) is 1.26. The summed E-state index contributed by atoms with van der Waals surface area (Å²) in [5, 5.41) is 12.0. The molecule has 0 aliphatic carbocycles. The van der Waals surface area contributed by atoms with Crippen LogP contribution in [0.2, 0.25) is 5.02 Å². The molecule has 1 rings (SSSR count). The van der Waals surface area contributed by atoms with Gasteiger partial charge in [0.2, 0.25) is 5.91 Å². The molecule has 4 nitrogen and oxygen atoms in total. The molecule has 0 saturated carbocycles. The number of hydrogen-bond acceptors (Lipinski definition) is 3. The number of rotatable bonds is 7. The van der Waals surface area contributed by atoms with E-state index in [2.05, 4.69) is 5.32 Å². The van der Waals surface area contributed by atoms with Gasteiger partial charge < -0.3 is 10.4 Å². The quantitative estimate of drug-likeness (QED) is 0.760. The third kappa shape index (κ3) is 5.98. The van der Waals surface area contributed by atoms with E-state index in [1.807, 2.05) is 18.2 Å². The summed E-state index contributed by atoms with van der Waals surface area (Å²) in [6.07, 6.45) is 0.336. The molecule has 0 spiro atoms. The molecular formula is C13H16ClNO3S. The van der Waals surface area contributed by atoms with E-state index in [-0.39, 0.29) is 12.5 Å². The van der Waals surface area contributed by atoms with Crippen LogP contribution in [-0.2, 0) is 9.59 Å². The van der Waals surface area contributed by atoms with Crippen LogP contribution in [0.25, 0.3) is 0 Å². The number of thioether (sulfide) groups is 1. The van der Waals surface area contributed by atoms with Crippen molar-refractivity contribution in [2.75, 3.05) is 12.3 Å². The molecule has 2 N–H and O–H groups in total. The zero-order valence-electron chi connectivity index (χ0n) is 10.6. The second-order valence-electron chi connectivity index (χ2n) is 4.07. The van der Waals surface area contributed by atoms with Crippen LogP contribution in [0.15, 0.2) is 29.2 Å². The monoisotopic (exact) mass is 301 g/mol. The normalized spacial score (nSPS) is 11.9. The van der Waals surface area contributed by atoms with Crippen molar-refractivity contribution in [3.63, 3.8) is 0 Å². The molecule has 0 saturated heterocycles. The minimum atomic E-state index is -0.911. The molecule has 0 aromatic heterocycles. The first-order chi connectivity index (χ1) is 9.00. The van der Waals surface area contributed by atoms with Gasteiger partial charge in [-0.25, -0.2) is 0 Å². The number of hydrogen-bond donors (Lipinski definition) is 2. The predicted molar refractivity (Wildman–Crippen MR) is 76.6 cm³/mol. The van der Waals surface area contributed by atoms with E-state index in [4.69, 9.17) is 16.7 Å². The zero-order valence-corrected chi connectivity index (χ0v) is 12.1. The first kappa shape index (κ1) is 15.9. The molecule has 1 aromatic carbocycles. The molecule has 0 fully saturated rings. The molecule has 6 heteroatoms. The Balaban J connectivity index is 2.24. The van der Waals surface area contributed by atoms with E-state index in [0.717, 1.165) is 4.90 Å². The van der Waals surface area contributed by atoms with Gasteiger partial charge in [0.1, 0.15) is 0 Å². The van der Waals surface area contributed by atoms with Gasteiger partial charge in [-0.15, -0.1) is 11.8 Å². The maximum Gasteiger partial charge on any atom is 0.308 e. The molecule has 0 heterocycles. The lowest BCUT2D eigenvalue weighted by molar-refractivity contribution is -0.141. The minimum Gasteiger partial charge on any atom is -0.481 e. The average molecular weight is 302 g/mol. The SMILES string of the molecule is CC(CNC(=O)CCSc1ccccc1Cl)C(=O)O. The Morgan fingerprint density at radius 2 is 2.11 bits per heavy atom. The van der Waals surface area contributed by atoms with Crippen LogP contribution in [0.4, 0.5) is 0 Å². The summed E-state index contributed by atoms with van der Waals surface area (Å²) < 4.78 is 0. The largest absolute Gasteiger partial charge is 0.481 e. The molecule has 0 bridgehead atoms. The number of benzene rings is 1. The van der Waals surface area contributed by atoms with E-state index >= 15 is 0 Å². The Bertz CT molecular complexity index is 453. The second-order valence-corrected chi connectivity index (χ2v) is 5.62. The number of carboxylic acid groups (broad SMARTS) is 1. The van der Waals surface area contributed by atoms with Crippen molar-refractivity contribution in [1.29, 1.82) is 0 Å². The van der Waals surface area contributed by atoms with Gasteiger partial charge in [0.15, 0.2) is 0 Å². The Morgan fingerprint density at radius 1 is 1.42 bits per heavy atom. The Labute approximate surface area is 121 Å². The molecule has 1 atom stereocenters. The number of amides is 1. The molecule has 1 amide bonds. The van der Waals surface area contributed by atoms with E-state index < -0.39 is 11.9 Å². The van der Waals surface area contributed by atoms with Crippen LogP contribution < -0.4 is 5.32 Å². The standard InChI is InChI=1S/C13H16ClNO3S/c1-9(13(17)18)8-15-12(16)6-7-19-11-5-3-2-4-10(11)14/h2-5,9H,6-8H2,1H3,(H,15,16)(H,17,18). The molecule has 1 aromatic rings. The van der Waals surface area contributed by atoms with Crippen molar-refractivity contribution in [1.82, 2.24) is 5.32 Å². The summed E-state index contributed by atoms with van der Waals surface area (Å²) in [6, 6.07) is 7.45. The summed E-state index contributed by atoms with van der Waals surface area (Å²) in [5.74, 6) is -1.02. The van der Waals surface area contributed by atoms with Crippen LogP contribution in [0, 0.1) is 5.92 Å². The Kier molecular flexibility index (Phi) is 6.73. The molecular weight excluding hydrogens is 286 g/mol. The van der Waals surface area contributed by atoms with Gasteiger partial charge in [-0.2, -0.15) is 0 Å². The highest BCUT2D eigenvalue weighted by Gasteiger charge is 2.12. The fraction of sp³-hybridized carbons (Fsp3) is 0.385. The highest BCUT2D eigenvalue weighted by molar-refractivity contribution is 7.99. The van der Waals surface area contributed by atoms with Gasteiger partial charge in [0.25, 0.3) is 0 Å². The van der Waals surface area contributed by atoms with E-state index in [1.54, 1.807) is 13.0 Å². The van der Waals surface area contributed by atoms with Gasteiger partial charge in [0.05, 0.1) is 10.9 Å². The fourth-order valence-corrected chi connectivity index (χ4v) is 2.45. The smallest absolute Gasteiger partial charge is 0.308 e. The van der Waals surface area contributed by atoms with Crippen molar-refractivity contribution < 1.29 is 14.7 Å². The van der Waals surface area contributed by atoms with Crippen molar-refractivity contribution in [3.05, 3.63) is 29.3 Å². The van der Waals surface area contributed by atoms with Gasteiger partial charge in [-0.05, 0) is 12.1 Å². The molecule has 0 aliphatic heterocycles. The van der Waals surface area contributed by atoms with Gasteiger partial charge in [-0.3, -0.25) is 9.59 Å². The van der Waals surface area contributed by atoms with Gasteiger partial charge >= 0.3 is 5.97 Å². The summed E-state index contributed by atoms with van der Waals surface area (Å²) in [6.45, 7) is 1.71. The first-order valence-corrected chi connectivity index (χ1v) is 7.24. The number of nitrogens with one attached hydrogen (secondary N) is 1. The van der Waals surface area contributed by atoms with Crippen molar-refractivity contribution >= 4 is 35.2 Å². The van der Waals surface area contributed by atoms with Crippen LogP contribution in [0.5, 0.6) is 0 Å².